The average molecular weight is 402 g/mol. The summed E-state index contributed by atoms with van der Waals surface area (Å²) in [5.74, 6) is -0.107. The van der Waals surface area contributed by atoms with Gasteiger partial charge in [0.1, 0.15) is 11.6 Å². The fourth-order valence-electron chi connectivity index (χ4n) is 3.60. The van der Waals surface area contributed by atoms with Crippen molar-refractivity contribution in [3.05, 3.63) is 47.2 Å². The maximum atomic E-state index is 12.5. The number of hydrogen-bond donors (Lipinski definition) is 1. The van der Waals surface area contributed by atoms with Crippen LogP contribution in [0, 0.1) is 25.2 Å². The molecular weight excluding hydrogens is 380 g/mol. The van der Waals surface area contributed by atoms with Gasteiger partial charge in [0.2, 0.25) is 5.91 Å². The highest BCUT2D eigenvalue weighted by Gasteiger charge is 2.15. The van der Waals surface area contributed by atoms with Crippen molar-refractivity contribution in [3.63, 3.8) is 0 Å². The molecule has 0 atom stereocenters. The van der Waals surface area contributed by atoms with Gasteiger partial charge in [-0.25, -0.2) is 19.2 Å². The minimum absolute atomic E-state index is 0.107. The molecule has 0 saturated carbocycles. The molecule has 0 aromatic carbocycles. The molecular formula is C21H22N8O. The lowest BCUT2D eigenvalue weighted by Gasteiger charge is -2.11. The summed E-state index contributed by atoms with van der Waals surface area (Å²) in [7, 11) is 0. The highest BCUT2D eigenvalue weighted by molar-refractivity contribution is 5.92. The van der Waals surface area contributed by atoms with E-state index in [4.69, 9.17) is 0 Å². The number of aryl methyl sites for hydroxylation is 2. The zero-order chi connectivity index (χ0) is 21.4. The minimum atomic E-state index is -0.107. The summed E-state index contributed by atoms with van der Waals surface area (Å²) in [5.41, 5.74) is 5.06. The van der Waals surface area contributed by atoms with Crippen LogP contribution in [0.25, 0.3) is 16.7 Å². The van der Waals surface area contributed by atoms with Crippen molar-refractivity contribution in [2.75, 3.05) is 5.32 Å². The largest absolute Gasteiger partial charge is 0.325 e. The van der Waals surface area contributed by atoms with E-state index in [0.29, 0.717) is 29.7 Å². The molecule has 30 heavy (non-hydrogen) atoms. The number of pyridine rings is 1. The van der Waals surface area contributed by atoms with Crippen molar-refractivity contribution < 1.29 is 4.79 Å². The molecule has 0 aliphatic heterocycles. The smallest absolute Gasteiger partial charge is 0.224 e. The SMILES string of the molecule is Cc1nc2c(C#N)cnn2c(C)c1CCC(=O)Nc1cnc2c(cnn2C(C)C)c1. The van der Waals surface area contributed by atoms with E-state index in [9.17, 15) is 10.1 Å². The summed E-state index contributed by atoms with van der Waals surface area (Å²) in [6.07, 6.45) is 5.73. The second-order valence-electron chi connectivity index (χ2n) is 7.53. The van der Waals surface area contributed by atoms with Crippen molar-refractivity contribution in [2.24, 2.45) is 0 Å². The fourth-order valence-corrected chi connectivity index (χ4v) is 3.60. The van der Waals surface area contributed by atoms with Gasteiger partial charge in [-0.15, -0.1) is 0 Å². The Morgan fingerprint density at radius 2 is 2.00 bits per heavy atom. The summed E-state index contributed by atoms with van der Waals surface area (Å²) in [4.78, 5) is 21.5. The van der Waals surface area contributed by atoms with Gasteiger partial charge in [-0.05, 0) is 45.7 Å². The Bertz CT molecular complexity index is 1310. The summed E-state index contributed by atoms with van der Waals surface area (Å²) in [5, 5.41) is 21.6. The van der Waals surface area contributed by atoms with E-state index in [0.717, 1.165) is 28.0 Å². The Kier molecular flexibility index (Phi) is 4.91. The van der Waals surface area contributed by atoms with Crippen molar-refractivity contribution in [2.45, 2.75) is 46.6 Å². The molecule has 0 unspecified atom stereocenters. The van der Waals surface area contributed by atoms with Crippen LogP contribution in [0.2, 0.25) is 0 Å². The topological polar surface area (TPSA) is 114 Å². The Morgan fingerprint density at radius 3 is 2.73 bits per heavy atom. The van der Waals surface area contributed by atoms with E-state index in [-0.39, 0.29) is 11.9 Å². The number of aromatic nitrogens is 6. The van der Waals surface area contributed by atoms with E-state index in [1.54, 1.807) is 16.9 Å². The molecule has 4 rings (SSSR count). The summed E-state index contributed by atoms with van der Waals surface area (Å²) < 4.78 is 3.51. The highest BCUT2D eigenvalue weighted by Crippen LogP contribution is 2.21. The summed E-state index contributed by atoms with van der Waals surface area (Å²) in [6.45, 7) is 7.90. The minimum Gasteiger partial charge on any atom is -0.325 e. The number of anilines is 1. The van der Waals surface area contributed by atoms with Crippen LogP contribution in [0.5, 0.6) is 0 Å². The first kappa shape index (κ1) is 19.5. The van der Waals surface area contributed by atoms with Gasteiger partial charge in [0, 0.05) is 29.2 Å². The molecule has 4 aromatic heterocycles. The predicted molar refractivity (Wildman–Crippen MR) is 112 cm³/mol. The lowest BCUT2D eigenvalue weighted by atomic mass is 10.1. The van der Waals surface area contributed by atoms with E-state index in [1.807, 2.05) is 38.4 Å². The van der Waals surface area contributed by atoms with Crippen molar-refractivity contribution >= 4 is 28.3 Å². The lowest BCUT2D eigenvalue weighted by molar-refractivity contribution is -0.116. The van der Waals surface area contributed by atoms with Gasteiger partial charge in [0.25, 0.3) is 0 Å². The van der Waals surface area contributed by atoms with E-state index < -0.39 is 0 Å². The third-order valence-corrected chi connectivity index (χ3v) is 5.14. The molecule has 9 nitrogen and oxygen atoms in total. The molecule has 0 saturated heterocycles. The van der Waals surface area contributed by atoms with Gasteiger partial charge in [0.05, 0.1) is 24.3 Å². The van der Waals surface area contributed by atoms with Gasteiger partial charge in [0.15, 0.2) is 11.3 Å². The maximum Gasteiger partial charge on any atom is 0.224 e. The normalized spacial score (nSPS) is 11.3. The number of nitrogens with zero attached hydrogens (tertiary/aromatic N) is 7. The number of carbonyl (C=O) groups is 1. The highest BCUT2D eigenvalue weighted by atomic mass is 16.1. The zero-order valence-electron chi connectivity index (χ0n) is 17.3. The first-order valence-corrected chi connectivity index (χ1v) is 9.76. The maximum absolute atomic E-state index is 12.5. The number of hydrogen-bond acceptors (Lipinski definition) is 6. The number of nitrogens with one attached hydrogen (secondary N) is 1. The molecule has 0 bridgehead atoms. The van der Waals surface area contributed by atoms with Gasteiger partial charge in [-0.3, -0.25) is 4.79 Å². The molecule has 1 N–H and O–H groups in total. The van der Waals surface area contributed by atoms with Crippen LogP contribution in [0.15, 0.2) is 24.7 Å². The quantitative estimate of drug-likeness (QED) is 0.549. The van der Waals surface area contributed by atoms with Crippen molar-refractivity contribution in [1.82, 2.24) is 29.4 Å². The molecule has 152 valence electrons. The van der Waals surface area contributed by atoms with Gasteiger partial charge in [-0.1, -0.05) is 0 Å². The van der Waals surface area contributed by atoms with Gasteiger partial charge in [-0.2, -0.15) is 15.5 Å². The summed E-state index contributed by atoms with van der Waals surface area (Å²) in [6, 6.07) is 4.19. The average Bonchev–Trinajstić information content (AvgIpc) is 3.31. The number of fused-ring (bicyclic) bond motifs is 2. The molecule has 0 radical (unpaired) electrons. The Morgan fingerprint density at radius 1 is 1.20 bits per heavy atom. The van der Waals surface area contributed by atoms with E-state index >= 15 is 0 Å². The third kappa shape index (κ3) is 3.37. The molecule has 4 heterocycles. The Hall–Kier alpha value is -3.80. The number of rotatable bonds is 5. The number of carbonyl (C=O) groups excluding carboxylic acids is 1. The monoisotopic (exact) mass is 402 g/mol. The van der Waals surface area contributed by atoms with Gasteiger partial charge >= 0.3 is 0 Å². The van der Waals surface area contributed by atoms with E-state index in [1.165, 1.54) is 6.20 Å². The van der Waals surface area contributed by atoms with Crippen LogP contribution in [0.4, 0.5) is 5.69 Å². The van der Waals surface area contributed by atoms with Crippen LogP contribution < -0.4 is 5.32 Å². The predicted octanol–water partition coefficient (Wildman–Crippen LogP) is 3.11. The summed E-state index contributed by atoms with van der Waals surface area (Å²) >= 11 is 0. The molecule has 0 fully saturated rings. The second-order valence-corrected chi connectivity index (χ2v) is 7.53. The van der Waals surface area contributed by atoms with Crippen LogP contribution >= 0.6 is 0 Å². The Balaban J connectivity index is 1.49. The lowest BCUT2D eigenvalue weighted by Crippen LogP contribution is -2.14. The standard InChI is InChI=1S/C21H22N8O/c1-12(2)28-20-15(9-24-28)7-17(11-23-20)27-19(30)6-5-18-13(3)26-21-16(8-22)10-25-29(21)14(18)4/h7,9-12H,5-6H2,1-4H3,(H,27,30). The molecule has 9 heteroatoms. The second kappa shape index (κ2) is 7.55. The van der Waals surface area contributed by atoms with Crippen LogP contribution in [-0.2, 0) is 11.2 Å². The Labute approximate surface area is 173 Å². The first-order chi connectivity index (χ1) is 14.4. The molecule has 0 aliphatic carbocycles. The van der Waals surface area contributed by atoms with Crippen molar-refractivity contribution in [1.29, 1.82) is 5.26 Å². The zero-order valence-corrected chi connectivity index (χ0v) is 17.3. The van der Waals surface area contributed by atoms with Crippen LogP contribution in [0.1, 0.15) is 48.8 Å². The molecule has 4 aromatic rings. The molecule has 0 aliphatic rings. The number of amides is 1. The third-order valence-electron chi connectivity index (χ3n) is 5.14. The van der Waals surface area contributed by atoms with E-state index in [2.05, 4.69) is 31.6 Å². The van der Waals surface area contributed by atoms with Crippen LogP contribution in [0.3, 0.4) is 0 Å². The van der Waals surface area contributed by atoms with Gasteiger partial charge < -0.3 is 5.32 Å². The number of nitriles is 1. The molecule has 1 amide bonds. The van der Waals surface area contributed by atoms with Crippen LogP contribution in [-0.4, -0.2) is 35.3 Å². The fraction of sp³-hybridized carbons (Fsp3) is 0.333. The van der Waals surface area contributed by atoms with Crippen molar-refractivity contribution in [3.8, 4) is 6.07 Å². The molecule has 0 spiro atoms. The first-order valence-electron chi connectivity index (χ1n) is 9.76.